The number of nitrogens with one attached hydrogen (secondary N) is 2. The first-order valence-corrected chi connectivity index (χ1v) is 8.08. The van der Waals surface area contributed by atoms with E-state index < -0.39 is 0 Å². The van der Waals surface area contributed by atoms with Crippen LogP contribution in [0.4, 0.5) is 11.4 Å². The number of hydrogen-bond donors (Lipinski definition) is 3. The molecule has 5 heteroatoms. The van der Waals surface area contributed by atoms with Gasteiger partial charge in [0.1, 0.15) is 0 Å². The molecular weight excluding hydrogens is 278 g/mol. The molecule has 1 aromatic rings. The Balaban J connectivity index is 1.55. The van der Waals surface area contributed by atoms with E-state index in [4.69, 9.17) is 5.73 Å². The van der Waals surface area contributed by atoms with Crippen molar-refractivity contribution < 1.29 is 9.59 Å². The van der Waals surface area contributed by atoms with Crippen molar-refractivity contribution in [1.29, 1.82) is 0 Å². The fourth-order valence-corrected chi connectivity index (χ4v) is 3.03. The van der Waals surface area contributed by atoms with E-state index in [-0.39, 0.29) is 29.7 Å². The second-order valence-corrected chi connectivity index (χ2v) is 6.45. The van der Waals surface area contributed by atoms with Crippen molar-refractivity contribution >= 4 is 23.2 Å². The van der Waals surface area contributed by atoms with Crippen LogP contribution in [0.25, 0.3) is 0 Å². The summed E-state index contributed by atoms with van der Waals surface area (Å²) in [5.41, 5.74) is 7.45. The molecule has 0 aliphatic heterocycles. The van der Waals surface area contributed by atoms with E-state index in [9.17, 15) is 9.59 Å². The van der Waals surface area contributed by atoms with E-state index in [2.05, 4.69) is 10.6 Å². The zero-order valence-corrected chi connectivity index (χ0v) is 12.7. The zero-order chi connectivity index (χ0) is 15.5. The van der Waals surface area contributed by atoms with Crippen molar-refractivity contribution in [3.63, 3.8) is 0 Å². The summed E-state index contributed by atoms with van der Waals surface area (Å²) in [4.78, 5) is 23.9. The van der Waals surface area contributed by atoms with Crippen LogP contribution in [0.2, 0.25) is 0 Å². The number of carbonyl (C=O) groups is 2. The third-order valence-corrected chi connectivity index (χ3v) is 4.53. The molecule has 2 aliphatic carbocycles. The number of nitrogens with two attached hydrogens (primary N) is 1. The fourth-order valence-electron chi connectivity index (χ4n) is 3.03. The molecule has 0 saturated heterocycles. The Labute approximate surface area is 130 Å². The van der Waals surface area contributed by atoms with E-state index in [1.54, 1.807) is 6.07 Å². The molecule has 2 fully saturated rings. The molecule has 0 spiro atoms. The lowest BCUT2D eigenvalue weighted by atomic mass is 10.00. The summed E-state index contributed by atoms with van der Waals surface area (Å²) in [5.74, 6) is 0.522. The molecule has 118 valence electrons. The van der Waals surface area contributed by atoms with Crippen molar-refractivity contribution in [1.82, 2.24) is 0 Å². The number of anilines is 2. The highest BCUT2D eigenvalue weighted by molar-refractivity contribution is 5.96. The quantitative estimate of drug-likeness (QED) is 0.781. The highest BCUT2D eigenvalue weighted by Crippen LogP contribution is 2.30. The van der Waals surface area contributed by atoms with Crippen LogP contribution in [0, 0.1) is 11.8 Å². The van der Waals surface area contributed by atoms with Crippen molar-refractivity contribution in [2.24, 2.45) is 17.6 Å². The minimum Gasteiger partial charge on any atom is -0.327 e. The summed E-state index contributed by atoms with van der Waals surface area (Å²) in [6.45, 7) is 0. The Morgan fingerprint density at radius 2 is 1.82 bits per heavy atom. The molecule has 0 heterocycles. The molecule has 3 rings (SSSR count). The zero-order valence-electron chi connectivity index (χ0n) is 12.7. The topological polar surface area (TPSA) is 84.2 Å². The molecule has 2 aliphatic rings. The van der Waals surface area contributed by atoms with E-state index in [1.807, 2.05) is 18.2 Å². The smallest absolute Gasteiger partial charge is 0.227 e. The number of amides is 2. The summed E-state index contributed by atoms with van der Waals surface area (Å²) in [6.07, 6.45) is 5.59. The maximum Gasteiger partial charge on any atom is 0.227 e. The fraction of sp³-hybridized carbons (Fsp3) is 0.529. The maximum atomic E-state index is 12.1. The van der Waals surface area contributed by atoms with E-state index in [1.165, 1.54) is 0 Å². The second kappa shape index (κ2) is 6.48. The Morgan fingerprint density at radius 1 is 1.09 bits per heavy atom. The van der Waals surface area contributed by atoms with Crippen LogP contribution in [0.1, 0.15) is 38.5 Å². The first kappa shape index (κ1) is 15.0. The van der Waals surface area contributed by atoms with Crippen molar-refractivity contribution in [3.05, 3.63) is 24.3 Å². The Morgan fingerprint density at radius 3 is 2.45 bits per heavy atom. The predicted octanol–water partition coefficient (Wildman–Crippen LogP) is 2.49. The number of carbonyl (C=O) groups excluding carboxylic acids is 2. The Kier molecular flexibility index (Phi) is 4.43. The van der Waals surface area contributed by atoms with Crippen molar-refractivity contribution in [2.75, 3.05) is 10.6 Å². The minimum atomic E-state index is -0.00646. The number of benzene rings is 1. The molecule has 2 saturated carbocycles. The summed E-state index contributed by atoms with van der Waals surface area (Å²) < 4.78 is 0. The summed E-state index contributed by atoms with van der Waals surface area (Å²) in [7, 11) is 0. The highest BCUT2D eigenvalue weighted by Gasteiger charge is 2.29. The molecule has 22 heavy (non-hydrogen) atoms. The molecule has 2 amide bonds. The van der Waals surface area contributed by atoms with Gasteiger partial charge in [-0.05, 0) is 49.8 Å². The molecular formula is C17H23N3O2. The van der Waals surface area contributed by atoms with Gasteiger partial charge in [0.05, 0.1) is 0 Å². The van der Waals surface area contributed by atoms with Gasteiger partial charge >= 0.3 is 0 Å². The largest absolute Gasteiger partial charge is 0.327 e. The van der Waals surface area contributed by atoms with Gasteiger partial charge in [-0.2, -0.15) is 0 Å². The standard InChI is InChI=1S/C17H23N3O2/c18-15-6-1-3-12(15)9-16(21)19-13-4-2-5-14(10-13)20-17(22)11-7-8-11/h2,4-5,10-12,15H,1,3,6-9,18H2,(H,19,21)(H,20,22)/t12-,15+/m0/s1. The molecule has 4 N–H and O–H groups in total. The summed E-state index contributed by atoms with van der Waals surface area (Å²) >= 11 is 0. The SMILES string of the molecule is N[C@@H]1CCC[C@H]1CC(=O)Nc1cccc(NC(=O)C2CC2)c1. The van der Waals surface area contributed by atoms with E-state index in [0.717, 1.165) is 37.8 Å². The van der Waals surface area contributed by atoms with Crippen LogP contribution in [0.3, 0.4) is 0 Å². The van der Waals surface area contributed by atoms with Gasteiger partial charge in [0, 0.05) is 29.8 Å². The van der Waals surface area contributed by atoms with Gasteiger partial charge in [-0.3, -0.25) is 9.59 Å². The van der Waals surface area contributed by atoms with E-state index in [0.29, 0.717) is 12.1 Å². The van der Waals surface area contributed by atoms with Crippen LogP contribution in [0.15, 0.2) is 24.3 Å². The second-order valence-electron chi connectivity index (χ2n) is 6.45. The lowest BCUT2D eigenvalue weighted by molar-refractivity contribution is -0.118. The average Bonchev–Trinajstić information content (AvgIpc) is 3.25. The molecule has 0 bridgehead atoms. The minimum absolute atomic E-state index is 0.00646. The van der Waals surface area contributed by atoms with Crippen LogP contribution in [0.5, 0.6) is 0 Å². The first-order chi connectivity index (χ1) is 10.6. The lowest BCUT2D eigenvalue weighted by Gasteiger charge is -2.15. The van der Waals surface area contributed by atoms with Crippen LogP contribution >= 0.6 is 0 Å². The Bertz CT molecular complexity index is 569. The van der Waals surface area contributed by atoms with Gasteiger partial charge in [0.2, 0.25) is 11.8 Å². The average molecular weight is 301 g/mol. The van der Waals surface area contributed by atoms with Crippen molar-refractivity contribution in [2.45, 2.75) is 44.6 Å². The van der Waals surface area contributed by atoms with Gasteiger partial charge in [-0.25, -0.2) is 0 Å². The molecule has 5 nitrogen and oxygen atoms in total. The van der Waals surface area contributed by atoms with Gasteiger partial charge in [-0.15, -0.1) is 0 Å². The number of rotatable bonds is 5. The van der Waals surface area contributed by atoms with Crippen LogP contribution < -0.4 is 16.4 Å². The highest BCUT2D eigenvalue weighted by atomic mass is 16.2. The normalized spacial score (nSPS) is 24.0. The molecule has 1 aromatic carbocycles. The van der Waals surface area contributed by atoms with Gasteiger partial charge < -0.3 is 16.4 Å². The molecule has 0 aromatic heterocycles. The summed E-state index contributed by atoms with van der Waals surface area (Å²) in [6, 6.07) is 7.45. The third kappa shape index (κ3) is 3.85. The maximum absolute atomic E-state index is 12.1. The van der Waals surface area contributed by atoms with Gasteiger partial charge in [0.25, 0.3) is 0 Å². The van der Waals surface area contributed by atoms with E-state index >= 15 is 0 Å². The van der Waals surface area contributed by atoms with Crippen molar-refractivity contribution in [3.8, 4) is 0 Å². The number of hydrogen-bond acceptors (Lipinski definition) is 3. The van der Waals surface area contributed by atoms with Gasteiger partial charge in [0.15, 0.2) is 0 Å². The van der Waals surface area contributed by atoms with Crippen LogP contribution in [-0.2, 0) is 9.59 Å². The Hall–Kier alpha value is -1.88. The first-order valence-electron chi connectivity index (χ1n) is 8.08. The predicted molar refractivity (Wildman–Crippen MR) is 86.4 cm³/mol. The van der Waals surface area contributed by atoms with Crippen LogP contribution in [-0.4, -0.2) is 17.9 Å². The molecule has 0 unspecified atom stereocenters. The molecule has 0 radical (unpaired) electrons. The van der Waals surface area contributed by atoms with Gasteiger partial charge in [-0.1, -0.05) is 12.5 Å². The lowest BCUT2D eigenvalue weighted by Crippen LogP contribution is -2.28. The molecule has 2 atom stereocenters. The summed E-state index contributed by atoms with van der Waals surface area (Å²) in [5, 5.41) is 5.79. The third-order valence-electron chi connectivity index (χ3n) is 4.53. The monoisotopic (exact) mass is 301 g/mol.